The van der Waals surface area contributed by atoms with Crippen LogP contribution >= 0.6 is 0 Å². The van der Waals surface area contributed by atoms with Crippen LogP contribution in [0.15, 0.2) is 12.2 Å². The molecular formula is C13H22N2O. The third-order valence-electron chi connectivity index (χ3n) is 3.73. The lowest BCUT2D eigenvalue weighted by atomic mass is 10.0. The van der Waals surface area contributed by atoms with Gasteiger partial charge in [-0.25, -0.2) is 0 Å². The number of likely N-dealkylation sites (tertiary alicyclic amines) is 1. The molecular weight excluding hydrogens is 200 g/mol. The molecule has 0 spiro atoms. The predicted molar refractivity (Wildman–Crippen MR) is 64.8 cm³/mol. The Labute approximate surface area is 97.7 Å². The van der Waals surface area contributed by atoms with Crippen molar-refractivity contribution < 1.29 is 4.79 Å². The summed E-state index contributed by atoms with van der Waals surface area (Å²) in [5.41, 5.74) is 5.78. The van der Waals surface area contributed by atoms with Gasteiger partial charge in [-0.1, -0.05) is 25.5 Å². The lowest BCUT2D eigenvalue weighted by Crippen LogP contribution is -2.34. The Morgan fingerprint density at radius 1 is 1.50 bits per heavy atom. The molecule has 0 aromatic carbocycles. The largest absolute Gasteiger partial charge is 0.342 e. The molecule has 1 fully saturated rings. The number of hydrogen-bond acceptors (Lipinski definition) is 2. The number of carbonyl (C=O) groups excluding carboxylic acids is 1. The van der Waals surface area contributed by atoms with Crippen LogP contribution in [0.4, 0.5) is 0 Å². The Morgan fingerprint density at radius 2 is 2.31 bits per heavy atom. The Morgan fingerprint density at radius 3 is 2.94 bits per heavy atom. The lowest BCUT2D eigenvalue weighted by molar-refractivity contribution is -0.133. The molecule has 3 atom stereocenters. The maximum absolute atomic E-state index is 12.2. The molecule has 1 amide bonds. The average Bonchev–Trinajstić information content (AvgIpc) is 2.87. The number of amides is 1. The highest BCUT2D eigenvalue weighted by molar-refractivity contribution is 5.81. The molecule has 3 heteroatoms. The van der Waals surface area contributed by atoms with E-state index in [-0.39, 0.29) is 12.0 Å². The van der Waals surface area contributed by atoms with Gasteiger partial charge >= 0.3 is 0 Å². The van der Waals surface area contributed by atoms with E-state index in [4.69, 9.17) is 5.73 Å². The second-order valence-corrected chi connectivity index (χ2v) is 5.12. The quantitative estimate of drug-likeness (QED) is 0.736. The lowest BCUT2D eigenvalue weighted by Gasteiger charge is -2.20. The fraction of sp³-hybridized carbons (Fsp3) is 0.769. The molecule has 2 N–H and O–H groups in total. The van der Waals surface area contributed by atoms with Gasteiger partial charge < -0.3 is 10.6 Å². The fourth-order valence-electron chi connectivity index (χ4n) is 2.82. The van der Waals surface area contributed by atoms with Crippen molar-refractivity contribution in [1.29, 1.82) is 0 Å². The molecule has 2 rings (SSSR count). The highest BCUT2D eigenvalue weighted by Crippen LogP contribution is 2.25. The van der Waals surface area contributed by atoms with Crippen molar-refractivity contribution in [2.75, 3.05) is 13.1 Å². The van der Waals surface area contributed by atoms with Crippen LogP contribution in [0.2, 0.25) is 0 Å². The average molecular weight is 222 g/mol. The van der Waals surface area contributed by atoms with Gasteiger partial charge in [0, 0.05) is 19.1 Å². The maximum Gasteiger partial charge on any atom is 0.229 e. The summed E-state index contributed by atoms with van der Waals surface area (Å²) in [7, 11) is 0. The van der Waals surface area contributed by atoms with Gasteiger partial charge in [0.2, 0.25) is 5.91 Å². The summed E-state index contributed by atoms with van der Waals surface area (Å²) in [6, 6.07) is 0.0861. The van der Waals surface area contributed by atoms with E-state index >= 15 is 0 Å². The zero-order valence-electron chi connectivity index (χ0n) is 10.1. The molecule has 16 heavy (non-hydrogen) atoms. The molecule has 0 aromatic rings. The Bertz CT molecular complexity index is 288. The van der Waals surface area contributed by atoms with E-state index in [2.05, 4.69) is 6.92 Å². The topological polar surface area (TPSA) is 46.3 Å². The zero-order valence-corrected chi connectivity index (χ0v) is 10.1. The Kier molecular flexibility index (Phi) is 3.64. The molecule has 1 saturated heterocycles. The summed E-state index contributed by atoms with van der Waals surface area (Å²) in [5.74, 6) is 1.08. The SMILES string of the molecule is CCCC1CCN(C(=O)C2C=CC(N)C2)C1. The number of nitrogens with zero attached hydrogens (tertiary/aromatic N) is 1. The van der Waals surface area contributed by atoms with Crippen molar-refractivity contribution in [3.8, 4) is 0 Å². The van der Waals surface area contributed by atoms with E-state index in [0.717, 1.165) is 25.4 Å². The van der Waals surface area contributed by atoms with E-state index in [1.807, 2.05) is 17.1 Å². The first kappa shape index (κ1) is 11.6. The molecule has 1 aliphatic heterocycles. The van der Waals surface area contributed by atoms with Crippen LogP contribution in [0, 0.1) is 11.8 Å². The Balaban J connectivity index is 1.85. The van der Waals surface area contributed by atoms with Gasteiger partial charge in [0.1, 0.15) is 0 Å². The van der Waals surface area contributed by atoms with Crippen LogP contribution in [0.1, 0.15) is 32.6 Å². The summed E-state index contributed by atoms with van der Waals surface area (Å²) in [4.78, 5) is 14.2. The molecule has 2 aliphatic rings. The first-order valence-corrected chi connectivity index (χ1v) is 6.43. The highest BCUT2D eigenvalue weighted by Gasteiger charge is 2.31. The minimum atomic E-state index is 0.0513. The fourth-order valence-corrected chi connectivity index (χ4v) is 2.82. The van der Waals surface area contributed by atoms with Crippen molar-refractivity contribution in [1.82, 2.24) is 4.90 Å². The highest BCUT2D eigenvalue weighted by atomic mass is 16.2. The van der Waals surface area contributed by atoms with Gasteiger partial charge in [0.05, 0.1) is 5.92 Å². The van der Waals surface area contributed by atoms with E-state index in [9.17, 15) is 4.79 Å². The molecule has 1 aliphatic carbocycles. The predicted octanol–water partition coefficient (Wildman–Crippen LogP) is 1.54. The molecule has 0 saturated carbocycles. The molecule has 0 radical (unpaired) electrons. The first-order chi connectivity index (χ1) is 7.70. The smallest absolute Gasteiger partial charge is 0.229 e. The van der Waals surface area contributed by atoms with E-state index in [1.165, 1.54) is 19.3 Å². The number of nitrogens with two attached hydrogens (primary N) is 1. The van der Waals surface area contributed by atoms with Gasteiger partial charge in [-0.3, -0.25) is 4.79 Å². The van der Waals surface area contributed by atoms with Crippen molar-refractivity contribution in [3.05, 3.63) is 12.2 Å². The summed E-state index contributed by atoms with van der Waals surface area (Å²) in [6.45, 7) is 4.12. The summed E-state index contributed by atoms with van der Waals surface area (Å²) < 4.78 is 0. The molecule has 90 valence electrons. The van der Waals surface area contributed by atoms with Gasteiger partial charge in [-0.05, 0) is 25.2 Å². The van der Waals surface area contributed by atoms with E-state index < -0.39 is 0 Å². The second-order valence-electron chi connectivity index (χ2n) is 5.12. The van der Waals surface area contributed by atoms with Crippen LogP contribution in [-0.4, -0.2) is 29.9 Å². The van der Waals surface area contributed by atoms with Crippen LogP contribution < -0.4 is 5.73 Å². The summed E-state index contributed by atoms with van der Waals surface area (Å²) >= 11 is 0. The van der Waals surface area contributed by atoms with Crippen LogP contribution in [0.3, 0.4) is 0 Å². The molecule has 3 unspecified atom stereocenters. The molecule has 3 nitrogen and oxygen atoms in total. The third kappa shape index (κ3) is 2.46. The van der Waals surface area contributed by atoms with Crippen molar-refractivity contribution in [2.24, 2.45) is 17.6 Å². The van der Waals surface area contributed by atoms with Crippen molar-refractivity contribution in [3.63, 3.8) is 0 Å². The maximum atomic E-state index is 12.2. The summed E-state index contributed by atoms with van der Waals surface area (Å²) in [6.07, 6.45) is 8.41. The van der Waals surface area contributed by atoms with E-state index in [1.54, 1.807) is 0 Å². The monoisotopic (exact) mass is 222 g/mol. The standard InChI is InChI=1S/C13H22N2O/c1-2-3-10-6-7-15(9-10)13(16)11-4-5-12(14)8-11/h4-5,10-12H,2-3,6-9,14H2,1H3. The third-order valence-corrected chi connectivity index (χ3v) is 3.73. The zero-order chi connectivity index (χ0) is 11.5. The summed E-state index contributed by atoms with van der Waals surface area (Å²) in [5, 5.41) is 0. The van der Waals surface area contributed by atoms with Gasteiger partial charge in [0.15, 0.2) is 0 Å². The molecule has 0 aromatic heterocycles. The first-order valence-electron chi connectivity index (χ1n) is 6.43. The van der Waals surface area contributed by atoms with Crippen molar-refractivity contribution in [2.45, 2.75) is 38.6 Å². The number of rotatable bonds is 3. The van der Waals surface area contributed by atoms with E-state index in [0.29, 0.717) is 5.91 Å². The molecule has 1 heterocycles. The normalized spacial score (nSPS) is 33.6. The van der Waals surface area contributed by atoms with Crippen LogP contribution in [0.5, 0.6) is 0 Å². The minimum Gasteiger partial charge on any atom is -0.342 e. The van der Waals surface area contributed by atoms with Gasteiger partial charge in [-0.2, -0.15) is 0 Å². The Hall–Kier alpha value is -0.830. The van der Waals surface area contributed by atoms with Crippen LogP contribution in [0.25, 0.3) is 0 Å². The van der Waals surface area contributed by atoms with Gasteiger partial charge in [-0.15, -0.1) is 0 Å². The van der Waals surface area contributed by atoms with Crippen molar-refractivity contribution >= 4 is 5.91 Å². The second kappa shape index (κ2) is 5.00. The number of hydrogen-bond donors (Lipinski definition) is 1. The van der Waals surface area contributed by atoms with Gasteiger partial charge in [0.25, 0.3) is 0 Å². The molecule has 0 bridgehead atoms. The van der Waals surface area contributed by atoms with Crippen LogP contribution in [-0.2, 0) is 4.79 Å². The minimum absolute atomic E-state index is 0.0513. The number of carbonyl (C=O) groups is 1.